The van der Waals surface area contributed by atoms with Crippen molar-refractivity contribution in [2.45, 2.75) is 37.5 Å². The lowest BCUT2D eigenvalue weighted by molar-refractivity contribution is -0.118. The summed E-state index contributed by atoms with van der Waals surface area (Å²) in [5.41, 5.74) is 8.11. The van der Waals surface area contributed by atoms with Gasteiger partial charge in [-0.3, -0.25) is 9.36 Å². The second-order valence-electron chi connectivity index (χ2n) is 5.49. The van der Waals surface area contributed by atoms with Crippen molar-refractivity contribution in [2.24, 2.45) is 0 Å². The van der Waals surface area contributed by atoms with Crippen LogP contribution in [0.5, 0.6) is 0 Å². The molecular weight excluding hydrogens is 298 g/mol. The molecule has 1 aliphatic carbocycles. The summed E-state index contributed by atoms with van der Waals surface area (Å²) in [6.45, 7) is 2.58. The van der Waals surface area contributed by atoms with Gasteiger partial charge in [0.05, 0.1) is 5.75 Å². The van der Waals surface area contributed by atoms with Gasteiger partial charge in [0.1, 0.15) is 0 Å². The van der Waals surface area contributed by atoms with Crippen LogP contribution in [0.4, 0.5) is 5.95 Å². The Balaban J connectivity index is 1.49. The molecule has 3 N–H and O–H groups in total. The molecule has 1 fully saturated rings. The lowest BCUT2D eigenvalue weighted by atomic mass is 10.1. The molecule has 2 aromatic rings. The number of rotatable bonds is 6. The molecule has 1 amide bonds. The van der Waals surface area contributed by atoms with Gasteiger partial charge in [-0.05, 0) is 25.3 Å². The van der Waals surface area contributed by atoms with Gasteiger partial charge in [0.15, 0.2) is 5.16 Å². The van der Waals surface area contributed by atoms with Gasteiger partial charge in [-0.15, -0.1) is 10.2 Å². The Morgan fingerprint density at radius 3 is 2.77 bits per heavy atom. The summed E-state index contributed by atoms with van der Waals surface area (Å²) in [6, 6.07) is 8.53. The third kappa shape index (κ3) is 3.59. The number of carbonyl (C=O) groups is 1. The first kappa shape index (κ1) is 14.9. The highest BCUT2D eigenvalue weighted by atomic mass is 32.2. The lowest BCUT2D eigenvalue weighted by Gasteiger charge is -2.07. The van der Waals surface area contributed by atoms with E-state index in [1.165, 1.54) is 17.3 Å². The van der Waals surface area contributed by atoms with Crippen molar-refractivity contribution in [1.29, 1.82) is 0 Å². The van der Waals surface area contributed by atoms with Crippen molar-refractivity contribution >= 4 is 23.6 Å². The van der Waals surface area contributed by atoms with Gasteiger partial charge < -0.3 is 11.1 Å². The highest BCUT2D eigenvalue weighted by Crippen LogP contribution is 2.39. The number of carbonyl (C=O) groups excluding carboxylic acids is 1. The number of anilines is 1. The fraction of sp³-hybridized carbons (Fsp3) is 0.400. The van der Waals surface area contributed by atoms with Gasteiger partial charge in [0.2, 0.25) is 11.9 Å². The van der Waals surface area contributed by atoms with Crippen LogP contribution in [-0.2, 0) is 11.3 Å². The number of thioether (sulfide) groups is 1. The molecule has 1 aliphatic rings. The molecule has 1 saturated carbocycles. The second-order valence-corrected chi connectivity index (χ2v) is 6.44. The Morgan fingerprint density at radius 1 is 1.36 bits per heavy atom. The third-order valence-corrected chi connectivity index (χ3v) is 4.49. The van der Waals surface area contributed by atoms with Crippen LogP contribution in [0.25, 0.3) is 0 Å². The molecule has 0 spiro atoms. The Kier molecular flexibility index (Phi) is 4.33. The summed E-state index contributed by atoms with van der Waals surface area (Å²) in [6.07, 6.45) is 2.21. The summed E-state index contributed by atoms with van der Waals surface area (Å²) in [7, 11) is 0. The molecule has 0 atom stereocenters. The van der Waals surface area contributed by atoms with Crippen molar-refractivity contribution < 1.29 is 4.79 Å². The van der Waals surface area contributed by atoms with Crippen LogP contribution in [0.3, 0.4) is 0 Å². The van der Waals surface area contributed by atoms with E-state index in [0.717, 1.165) is 23.6 Å². The number of aryl methyl sites for hydroxylation is 1. The summed E-state index contributed by atoms with van der Waals surface area (Å²) < 4.78 is 1.93. The molecule has 0 radical (unpaired) electrons. The Hall–Kier alpha value is -2.02. The molecule has 1 aromatic heterocycles. The number of nitrogens with one attached hydrogen (secondary N) is 1. The van der Waals surface area contributed by atoms with E-state index in [-0.39, 0.29) is 5.91 Å². The first-order valence-corrected chi connectivity index (χ1v) is 8.27. The molecular formula is C15H19N5OS. The SMILES string of the molecule is Cc1ccc(CNC(=O)CSc2nnc(N)n2C2CC2)cc1. The van der Waals surface area contributed by atoms with E-state index >= 15 is 0 Å². The number of benzene rings is 1. The molecule has 22 heavy (non-hydrogen) atoms. The number of hydrogen-bond donors (Lipinski definition) is 2. The maximum atomic E-state index is 11.9. The molecule has 1 heterocycles. The smallest absolute Gasteiger partial charge is 0.230 e. The van der Waals surface area contributed by atoms with Crippen molar-refractivity contribution in [2.75, 3.05) is 11.5 Å². The number of hydrogen-bond acceptors (Lipinski definition) is 5. The molecule has 3 rings (SSSR count). The van der Waals surface area contributed by atoms with Crippen molar-refractivity contribution in [1.82, 2.24) is 20.1 Å². The van der Waals surface area contributed by atoms with E-state index in [9.17, 15) is 4.79 Å². The zero-order valence-corrected chi connectivity index (χ0v) is 13.3. The van der Waals surface area contributed by atoms with Crippen molar-refractivity contribution in [3.63, 3.8) is 0 Å². The highest BCUT2D eigenvalue weighted by Gasteiger charge is 2.29. The summed E-state index contributed by atoms with van der Waals surface area (Å²) >= 11 is 1.38. The van der Waals surface area contributed by atoms with E-state index in [2.05, 4.69) is 15.5 Å². The first-order chi connectivity index (χ1) is 10.6. The number of nitrogens with two attached hydrogens (primary N) is 1. The van der Waals surface area contributed by atoms with E-state index < -0.39 is 0 Å². The monoisotopic (exact) mass is 317 g/mol. The Bertz CT molecular complexity index is 663. The van der Waals surface area contributed by atoms with Crippen LogP contribution < -0.4 is 11.1 Å². The minimum atomic E-state index is -0.0190. The average Bonchev–Trinajstić information content (AvgIpc) is 3.28. The fourth-order valence-electron chi connectivity index (χ4n) is 2.15. The molecule has 0 aliphatic heterocycles. The predicted octanol–water partition coefficient (Wildman–Crippen LogP) is 1.91. The molecule has 0 bridgehead atoms. The van der Waals surface area contributed by atoms with Crippen LogP contribution in [-0.4, -0.2) is 26.4 Å². The molecule has 6 nitrogen and oxygen atoms in total. The van der Waals surface area contributed by atoms with Crippen LogP contribution in [0.1, 0.15) is 30.0 Å². The van der Waals surface area contributed by atoms with Crippen molar-refractivity contribution in [3.05, 3.63) is 35.4 Å². The Morgan fingerprint density at radius 2 is 2.09 bits per heavy atom. The summed E-state index contributed by atoms with van der Waals surface area (Å²) in [5, 5.41) is 11.6. The third-order valence-electron chi connectivity index (χ3n) is 3.55. The van der Waals surface area contributed by atoms with Crippen molar-refractivity contribution in [3.8, 4) is 0 Å². The van der Waals surface area contributed by atoms with E-state index in [4.69, 9.17) is 5.73 Å². The average molecular weight is 317 g/mol. The first-order valence-electron chi connectivity index (χ1n) is 7.29. The molecule has 116 valence electrons. The van der Waals surface area contributed by atoms with Crippen LogP contribution >= 0.6 is 11.8 Å². The largest absolute Gasteiger partial charge is 0.368 e. The number of nitrogen functional groups attached to an aromatic ring is 1. The lowest BCUT2D eigenvalue weighted by Crippen LogP contribution is -2.24. The summed E-state index contributed by atoms with van der Waals surface area (Å²) in [5.74, 6) is 0.732. The zero-order chi connectivity index (χ0) is 15.5. The highest BCUT2D eigenvalue weighted by molar-refractivity contribution is 7.99. The quantitative estimate of drug-likeness (QED) is 0.795. The normalized spacial score (nSPS) is 14.0. The van der Waals surface area contributed by atoms with E-state index in [1.54, 1.807) is 0 Å². The molecule has 0 saturated heterocycles. The number of aromatic nitrogens is 3. The van der Waals surface area contributed by atoms with E-state index in [1.807, 2.05) is 35.8 Å². The van der Waals surface area contributed by atoms with Gasteiger partial charge in [-0.25, -0.2) is 0 Å². The van der Waals surface area contributed by atoms with Crippen LogP contribution in [0.2, 0.25) is 0 Å². The number of nitrogens with zero attached hydrogens (tertiary/aromatic N) is 3. The van der Waals surface area contributed by atoms with Gasteiger partial charge in [-0.1, -0.05) is 41.6 Å². The van der Waals surface area contributed by atoms with Gasteiger partial charge >= 0.3 is 0 Å². The van der Waals surface area contributed by atoms with Crippen LogP contribution in [0.15, 0.2) is 29.4 Å². The standard InChI is InChI=1S/C15H19N5OS/c1-10-2-4-11(5-3-10)8-17-13(21)9-22-15-19-18-14(16)20(15)12-6-7-12/h2-5,12H,6-9H2,1H3,(H2,16,18)(H,17,21). The predicted molar refractivity (Wildman–Crippen MR) is 86.5 cm³/mol. The minimum Gasteiger partial charge on any atom is -0.368 e. The second kappa shape index (κ2) is 6.39. The molecule has 7 heteroatoms. The number of amides is 1. The summed E-state index contributed by atoms with van der Waals surface area (Å²) in [4.78, 5) is 11.9. The minimum absolute atomic E-state index is 0.0190. The molecule has 0 unspecified atom stereocenters. The maximum Gasteiger partial charge on any atom is 0.230 e. The zero-order valence-electron chi connectivity index (χ0n) is 12.5. The Labute approximate surface area is 133 Å². The van der Waals surface area contributed by atoms with Crippen LogP contribution in [0, 0.1) is 6.92 Å². The topological polar surface area (TPSA) is 85.8 Å². The van der Waals surface area contributed by atoms with Gasteiger partial charge in [0, 0.05) is 12.6 Å². The van der Waals surface area contributed by atoms with E-state index in [0.29, 0.717) is 24.3 Å². The van der Waals surface area contributed by atoms with Gasteiger partial charge in [0.25, 0.3) is 0 Å². The fourth-order valence-corrected chi connectivity index (χ4v) is 2.99. The molecule has 1 aromatic carbocycles. The van der Waals surface area contributed by atoms with Gasteiger partial charge in [-0.2, -0.15) is 0 Å². The maximum absolute atomic E-state index is 11.9.